The number of rotatable bonds is 6. The van der Waals surface area contributed by atoms with E-state index in [1.54, 1.807) is 6.92 Å². The van der Waals surface area contributed by atoms with Crippen LogP contribution in [0.15, 0.2) is 12.4 Å². The number of esters is 1. The Morgan fingerprint density at radius 3 is 2.82 bits per heavy atom. The maximum atomic E-state index is 11.4. The summed E-state index contributed by atoms with van der Waals surface area (Å²) >= 11 is 0. The summed E-state index contributed by atoms with van der Waals surface area (Å²) in [5, 5.41) is 12.8. The Hall–Kier alpha value is -1.89. The molecule has 1 heterocycles. The van der Waals surface area contributed by atoms with E-state index < -0.39 is 18.0 Å². The lowest BCUT2D eigenvalue weighted by Gasteiger charge is -2.10. The molecule has 1 aromatic rings. The molecule has 0 bridgehead atoms. The van der Waals surface area contributed by atoms with Crippen LogP contribution in [0.5, 0.6) is 0 Å². The van der Waals surface area contributed by atoms with Crippen LogP contribution in [-0.4, -0.2) is 47.1 Å². The van der Waals surface area contributed by atoms with Crippen molar-refractivity contribution in [3.8, 4) is 0 Å². The highest BCUT2D eigenvalue weighted by Crippen LogP contribution is 2.09. The van der Waals surface area contributed by atoms with Gasteiger partial charge in [-0.15, -0.1) is 0 Å². The number of carboxylic acids is 1. The first-order chi connectivity index (χ1) is 8.10. The summed E-state index contributed by atoms with van der Waals surface area (Å²) in [6.07, 6.45) is 2.60. The van der Waals surface area contributed by atoms with Gasteiger partial charge in [0.15, 0.2) is 6.04 Å². The van der Waals surface area contributed by atoms with Crippen molar-refractivity contribution in [3.63, 3.8) is 0 Å². The Morgan fingerprint density at radius 1 is 1.59 bits per heavy atom. The van der Waals surface area contributed by atoms with Gasteiger partial charge in [-0.1, -0.05) is 0 Å². The van der Waals surface area contributed by atoms with Gasteiger partial charge in [-0.05, 0) is 6.92 Å². The maximum Gasteiger partial charge on any atom is 0.341 e. The summed E-state index contributed by atoms with van der Waals surface area (Å²) in [5.74, 6) is -1.61. The smallest absolute Gasteiger partial charge is 0.341 e. The zero-order valence-electron chi connectivity index (χ0n) is 9.62. The van der Waals surface area contributed by atoms with Gasteiger partial charge in [0.2, 0.25) is 0 Å². The molecule has 17 heavy (non-hydrogen) atoms. The van der Waals surface area contributed by atoms with Crippen LogP contribution in [-0.2, 0) is 14.3 Å². The number of carbonyl (C=O) groups excluding carboxylic acids is 1. The number of hydrogen-bond donors (Lipinski definition) is 1. The number of hydrogen-bond acceptors (Lipinski definition) is 5. The molecule has 7 heteroatoms. The van der Waals surface area contributed by atoms with Crippen molar-refractivity contribution in [2.45, 2.75) is 13.0 Å². The lowest BCUT2D eigenvalue weighted by atomic mass is 10.3. The molecular formula is C10H14N2O5. The standard InChI is InChI=1S/C10H14N2O5/c1-3-17-10(15)7-4-11-12(5-7)8(6-16-2)9(13)14/h4-5,8H,3,6H2,1-2H3,(H,13,14). The molecule has 0 aliphatic rings. The molecule has 0 spiro atoms. The van der Waals surface area contributed by atoms with Gasteiger partial charge in [-0.25, -0.2) is 9.59 Å². The number of carboxylic acid groups (broad SMARTS) is 1. The molecule has 0 saturated heterocycles. The fourth-order valence-electron chi connectivity index (χ4n) is 1.25. The fourth-order valence-corrected chi connectivity index (χ4v) is 1.25. The number of ether oxygens (including phenoxy) is 2. The minimum Gasteiger partial charge on any atom is -0.480 e. The first kappa shape index (κ1) is 13.2. The van der Waals surface area contributed by atoms with Crippen LogP contribution < -0.4 is 0 Å². The third-order valence-corrected chi connectivity index (χ3v) is 2.04. The highest BCUT2D eigenvalue weighted by molar-refractivity contribution is 5.88. The summed E-state index contributed by atoms with van der Waals surface area (Å²) in [6, 6.07) is -0.955. The van der Waals surface area contributed by atoms with Crippen molar-refractivity contribution in [2.75, 3.05) is 20.3 Å². The van der Waals surface area contributed by atoms with Crippen LogP contribution in [0.3, 0.4) is 0 Å². The van der Waals surface area contributed by atoms with E-state index >= 15 is 0 Å². The van der Waals surface area contributed by atoms with Crippen molar-refractivity contribution >= 4 is 11.9 Å². The molecule has 0 aromatic carbocycles. The van der Waals surface area contributed by atoms with Crippen molar-refractivity contribution in [3.05, 3.63) is 18.0 Å². The molecule has 1 rings (SSSR count). The fraction of sp³-hybridized carbons (Fsp3) is 0.500. The van der Waals surface area contributed by atoms with Gasteiger partial charge >= 0.3 is 11.9 Å². The SMILES string of the molecule is CCOC(=O)c1cnn(C(COC)C(=O)O)c1. The van der Waals surface area contributed by atoms with E-state index in [0.29, 0.717) is 0 Å². The molecule has 1 atom stereocenters. The second-order valence-electron chi connectivity index (χ2n) is 3.24. The van der Waals surface area contributed by atoms with E-state index in [9.17, 15) is 9.59 Å². The molecule has 1 N–H and O–H groups in total. The molecule has 0 radical (unpaired) electrons. The Balaban J connectivity index is 2.84. The Labute approximate surface area is 97.9 Å². The van der Waals surface area contributed by atoms with Crippen LogP contribution in [0.25, 0.3) is 0 Å². The molecule has 1 unspecified atom stereocenters. The van der Waals surface area contributed by atoms with Gasteiger partial charge in [0.1, 0.15) is 0 Å². The van der Waals surface area contributed by atoms with Crippen molar-refractivity contribution in [1.82, 2.24) is 9.78 Å². The zero-order chi connectivity index (χ0) is 12.8. The summed E-state index contributed by atoms with van der Waals surface area (Å²) in [6.45, 7) is 1.91. The molecule has 0 aliphatic heterocycles. The summed E-state index contributed by atoms with van der Waals surface area (Å²) < 4.78 is 10.7. The van der Waals surface area contributed by atoms with Crippen LogP contribution >= 0.6 is 0 Å². The minimum atomic E-state index is -1.08. The molecule has 94 valence electrons. The van der Waals surface area contributed by atoms with E-state index in [4.69, 9.17) is 14.6 Å². The second kappa shape index (κ2) is 6.00. The third kappa shape index (κ3) is 3.28. The van der Waals surface area contributed by atoms with Crippen LogP contribution in [0.2, 0.25) is 0 Å². The van der Waals surface area contributed by atoms with E-state index in [2.05, 4.69) is 5.10 Å². The minimum absolute atomic E-state index is 0.0285. The number of nitrogens with zero attached hydrogens (tertiary/aromatic N) is 2. The van der Waals surface area contributed by atoms with Gasteiger partial charge in [0.25, 0.3) is 0 Å². The number of carbonyl (C=O) groups is 2. The van der Waals surface area contributed by atoms with Crippen molar-refractivity contribution in [1.29, 1.82) is 0 Å². The van der Waals surface area contributed by atoms with Gasteiger partial charge in [-0.3, -0.25) is 4.68 Å². The Kier molecular flexibility index (Phi) is 4.65. The first-order valence-electron chi connectivity index (χ1n) is 5.03. The average molecular weight is 242 g/mol. The molecule has 1 aromatic heterocycles. The molecule has 0 saturated carbocycles. The largest absolute Gasteiger partial charge is 0.480 e. The maximum absolute atomic E-state index is 11.4. The van der Waals surface area contributed by atoms with Gasteiger partial charge in [0, 0.05) is 13.3 Å². The molecule has 0 aliphatic carbocycles. The Morgan fingerprint density at radius 2 is 2.29 bits per heavy atom. The molecular weight excluding hydrogens is 228 g/mol. The normalized spacial score (nSPS) is 12.1. The Bertz CT molecular complexity index is 401. The second-order valence-corrected chi connectivity index (χ2v) is 3.24. The number of aromatic nitrogens is 2. The van der Waals surface area contributed by atoms with Gasteiger partial charge < -0.3 is 14.6 Å². The van der Waals surface area contributed by atoms with Crippen LogP contribution in [0.4, 0.5) is 0 Å². The van der Waals surface area contributed by atoms with E-state index in [1.165, 1.54) is 19.5 Å². The van der Waals surface area contributed by atoms with E-state index in [1.807, 2.05) is 0 Å². The quantitative estimate of drug-likeness (QED) is 0.723. The lowest BCUT2D eigenvalue weighted by Crippen LogP contribution is -2.24. The number of methoxy groups -OCH3 is 1. The summed E-state index contributed by atoms with van der Waals surface area (Å²) in [4.78, 5) is 22.3. The topological polar surface area (TPSA) is 90.6 Å². The summed E-state index contributed by atoms with van der Waals surface area (Å²) in [7, 11) is 1.39. The predicted octanol–water partition coefficient (Wildman–Crippen LogP) is 0.332. The van der Waals surface area contributed by atoms with E-state index in [-0.39, 0.29) is 18.8 Å². The van der Waals surface area contributed by atoms with E-state index in [0.717, 1.165) is 4.68 Å². The van der Waals surface area contributed by atoms with Crippen molar-refractivity contribution in [2.24, 2.45) is 0 Å². The molecule has 7 nitrogen and oxygen atoms in total. The molecule has 0 fully saturated rings. The van der Waals surface area contributed by atoms with Crippen molar-refractivity contribution < 1.29 is 24.2 Å². The highest BCUT2D eigenvalue weighted by Gasteiger charge is 2.21. The van der Waals surface area contributed by atoms with Crippen LogP contribution in [0.1, 0.15) is 23.3 Å². The highest BCUT2D eigenvalue weighted by atomic mass is 16.5. The average Bonchev–Trinajstić information content (AvgIpc) is 2.74. The summed E-state index contributed by atoms with van der Waals surface area (Å²) in [5.41, 5.74) is 0.217. The van der Waals surface area contributed by atoms with Gasteiger partial charge in [-0.2, -0.15) is 5.10 Å². The predicted molar refractivity (Wildman–Crippen MR) is 56.7 cm³/mol. The monoisotopic (exact) mass is 242 g/mol. The third-order valence-electron chi connectivity index (χ3n) is 2.04. The van der Waals surface area contributed by atoms with Crippen LogP contribution in [0, 0.1) is 0 Å². The first-order valence-corrected chi connectivity index (χ1v) is 5.03. The van der Waals surface area contributed by atoms with Gasteiger partial charge in [0.05, 0.1) is 25.0 Å². The number of aliphatic carboxylic acids is 1. The zero-order valence-corrected chi connectivity index (χ0v) is 9.62. The molecule has 0 amide bonds. The lowest BCUT2D eigenvalue weighted by molar-refractivity contribution is -0.142.